The first kappa shape index (κ1) is 11.4. The van der Waals surface area contributed by atoms with Gasteiger partial charge in [0.05, 0.1) is 6.54 Å². The maximum atomic E-state index is 9.09. The number of aromatic nitrogens is 4. The van der Waals surface area contributed by atoms with Gasteiger partial charge in [0.2, 0.25) is 0 Å². The van der Waals surface area contributed by atoms with Crippen LogP contribution in [0.3, 0.4) is 0 Å². The van der Waals surface area contributed by atoms with Gasteiger partial charge in [0.25, 0.3) is 0 Å². The minimum Gasteiger partial charge on any atom is -0.388 e. The maximum Gasteiger partial charge on any atom is 0.195 e. The van der Waals surface area contributed by atoms with E-state index in [0.29, 0.717) is 17.1 Å². The number of nitrogens with zero attached hydrogens (tertiary/aromatic N) is 3. The van der Waals surface area contributed by atoms with Crippen molar-refractivity contribution in [3.8, 4) is 0 Å². The first-order valence-corrected chi connectivity index (χ1v) is 6.15. The molecule has 2 rings (SSSR count). The van der Waals surface area contributed by atoms with Gasteiger partial charge >= 0.3 is 0 Å². The van der Waals surface area contributed by atoms with Gasteiger partial charge in [-0.2, -0.15) is 5.10 Å². The Morgan fingerprint density at radius 2 is 2.44 bits per heavy atom. The van der Waals surface area contributed by atoms with Crippen molar-refractivity contribution in [3.05, 3.63) is 26.7 Å². The Morgan fingerprint density at radius 3 is 3.06 bits per heavy atom. The van der Waals surface area contributed by atoms with E-state index in [2.05, 4.69) is 22.1 Å². The number of hydrogen-bond donors (Lipinski definition) is 2. The van der Waals surface area contributed by atoms with Gasteiger partial charge in [-0.1, -0.05) is 6.92 Å². The second-order valence-electron chi connectivity index (χ2n) is 3.26. The van der Waals surface area contributed by atoms with Gasteiger partial charge in [-0.15, -0.1) is 11.3 Å². The number of aryl methyl sites for hydroxylation is 1. The molecule has 0 atom stereocenters. The summed E-state index contributed by atoms with van der Waals surface area (Å²) in [5.74, 6) is 0.540. The molecule has 0 radical (unpaired) electrons. The minimum absolute atomic E-state index is 0.126. The van der Waals surface area contributed by atoms with Crippen LogP contribution < -0.4 is 0 Å². The number of thiazole rings is 1. The average Bonchev–Trinajstić information content (AvgIpc) is 2.88. The highest BCUT2D eigenvalue weighted by Crippen LogP contribution is 2.15. The molecule has 0 fully saturated rings. The molecule has 86 valence electrons. The van der Waals surface area contributed by atoms with Gasteiger partial charge in [0, 0.05) is 11.1 Å². The molecule has 7 heteroatoms. The summed E-state index contributed by atoms with van der Waals surface area (Å²) in [7, 11) is 0. The normalized spacial score (nSPS) is 10.9. The number of hydrogen-bond acceptors (Lipinski definition) is 5. The Bertz CT molecular complexity index is 528. The molecule has 0 aromatic carbocycles. The molecule has 0 saturated carbocycles. The predicted molar refractivity (Wildman–Crippen MR) is 63.9 cm³/mol. The largest absolute Gasteiger partial charge is 0.388 e. The van der Waals surface area contributed by atoms with Crippen molar-refractivity contribution in [3.63, 3.8) is 0 Å². The van der Waals surface area contributed by atoms with Gasteiger partial charge in [-0.3, -0.25) is 9.67 Å². The lowest BCUT2D eigenvalue weighted by atomic mass is 10.4. The van der Waals surface area contributed by atoms with E-state index in [-0.39, 0.29) is 6.61 Å². The summed E-state index contributed by atoms with van der Waals surface area (Å²) >= 11 is 6.74. The van der Waals surface area contributed by atoms with E-state index >= 15 is 0 Å². The molecule has 2 N–H and O–H groups in total. The van der Waals surface area contributed by atoms with E-state index in [4.69, 9.17) is 17.3 Å². The maximum absolute atomic E-state index is 9.09. The fourth-order valence-electron chi connectivity index (χ4n) is 1.35. The summed E-state index contributed by atoms with van der Waals surface area (Å²) in [5.41, 5.74) is 0. The number of aromatic amines is 1. The third kappa shape index (κ3) is 2.21. The second-order valence-corrected chi connectivity index (χ2v) is 4.85. The highest BCUT2D eigenvalue weighted by atomic mass is 32.1. The van der Waals surface area contributed by atoms with E-state index in [1.54, 1.807) is 15.9 Å². The smallest absolute Gasteiger partial charge is 0.195 e. The van der Waals surface area contributed by atoms with Crippen molar-refractivity contribution < 1.29 is 5.11 Å². The Hall–Kier alpha value is -1.05. The van der Waals surface area contributed by atoms with Gasteiger partial charge in [-0.25, -0.2) is 4.98 Å². The Kier molecular flexibility index (Phi) is 3.47. The van der Waals surface area contributed by atoms with Crippen LogP contribution in [0.1, 0.15) is 22.6 Å². The third-order valence-electron chi connectivity index (χ3n) is 2.22. The van der Waals surface area contributed by atoms with E-state index in [9.17, 15) is 0 Å². The molecule has 5 nitrogen and oxygen atoms in total. The SMILES string of the molecule is CCc1cnc(Cn2c(CO)n[nH]c2=S)s1. The van der Waals surface area contributed by atoms with Crippen LogP contribution in [-0.4, -0.2) is 24.9 Å². The predicted octanol–water partition coefficient (Wildman–Crippen LogP) is 1.50. The van der Waals surface area contributed by atoms with Crippen molar-refractivity contribution in [2.45, 2.75) is 26.5 Å². The van der Waals surface area contributed by atoms with Crippen LogP contribution >= 0.6 is 23.6 Å². The van der Waals surface area contributed by atoms with Crippen molar-refractivity contribution in [2.75, 3.05) is 0 Å². The fourth-order valence-corrected chi connectivity index (χ4v) is 2.42. The third-order valence-corrected chi connectivity index (χ3v) is 3.66. The van der Waals surface area contributed by atoms with Crippen LogP contribution in [-0.2, 0) is 19.6 Å². The zero-order valence-corrected chi connectivity index (χ0v) is 10.4. The lowest BCUT2D eigenvalue weighted by molar-refractivity contribution is 0.265. The molecule has 0 aliphatic carbocycles. The van der Waals surface area contributed by atoms with Gasteiger partial charge < -0.3 is 5.11 Å². The molecule has 16 heavy (non-hydrogen) atoms. The molecule has 0 aliphatic rings. The summed E-state index contributed by atoms with van der Waals surface area (Å²) in [6, 6.07) is 0. The number of nitrogens with one attached hydrogen (secondary N) is 1. The fraction of sp³-hybridized carbons (Fsp3) is 0.444. The van der Waals surface area contributed by atoms with Crippen LogP contribution in [0.2, 0.25) is 0 Å². The van der Waals surface area contributed by atoms with E-state index < -0.39 is 0 Å². The summed E-state index contributed by atoms with van der Waals surface area (Å²) < 4.78 is 2.27. The van der Waals surface area contributed by atoms with Crippen molar-refractivity contribution in [1.29, 1.82) is 0 Å². The Labute approximate surface area is 102 Å². The Balaban J connectivity index is 2.26. The molecular formula is C9H12N4OS2. The summed E-state index contributed by atoms with van der Waals surface area (Å²) in [6.07, 6.45) is 2.86. The monoisotopic (exact) mass is 256 g/mol. The number of rotatable bonds is 4. The van der Waals surface area contributed by atoms with Crippen LogP contribution in [0.4, 0.5) is 0 Å². The number of H-pyrrole nitrogens is 1. The molecule has 0 amide bonds. The lowest BCUT2D eigenvalue weighted by Crippen LogP contribution is -2.04. The topological polar surface area (TPSA) is 66.7 Å². The summed E-state index contributed by atoms with van der Waals surface area (Å²) in [6.45, 7) is 2.54. The minimum atomic E-state index is -0.126. The zero-order chi connectivity index (χ0) is 11.5. The van der Waals surface area contributed by atoms with Crippen LogP contribution in [0.5, 0.6) is 0 Å². The molecule has 2 aromatic heterocycles. The van der Waals surface area contributed by atoms with Crippen molar-refractivity contribution in [1.82, 2.24) is 19.7 Å². The first-order chi connectivity index (χ1) is 7.74. The molecule has 0 aliphatic heterocycles. The quantitative estimate of drug-likeness (QED) is 0.814. The van der Waals surface area contributed by atoms with Crippen LogP contribution in [0.15, 0.2) is 6.20 Å². The van der Waals surface area contributed by atoms with Crippen molar-refractivity contribution >= 4 is 23.6 Å². The van der Waals surface area contributed by atoms with Crippen LogP contribution in [0.25, 0.3) is 0 Å². The molecule has 2 heterocycles. The van der Waals surface area contributed by atoms with E-state index in [0.717, 1.165) is 11.4 Å². The molecule has 0 unspecified atom stereocenters. The zero-order valence-electron chi connectivity index (χ0n) is 8.80. The standard InChI is InChI=1S/C9H12N4OS2/c1-2-6-3-10-8(16-6)4-13-7(5-14)11-12-9(13)15/h3,14H,2,4-5H2,1H3,(H,12,15). The highest BCUT2D eigenvalue weighted by Gasteiger charge is 2.07. The number of aliphatic hydroxyl groups excluding tert-OH is 1. The molecule has 2 aromatic rings. The first-order valence-electron chi connectivity index (χ1n) is 4.93. The lowest BCUT2D eigenvalue weighted by Gasteiger charge is -2.01. The van der Waals surface area contributed by atoms with E-state index in [1.807, 2.05) is 6.20 Å². The molecular weight excluding hydrogens is 244 g/mol. The van der Waals surface area contributed by atoms with Crippen LogP contribution in [0, 0.1) is 4.77 Å². The second kappa shape index (κ2) is 4.86. The van der Waals surface area contributed by atoms with Gasteiger partial charge in [0.15, 0.2) is 10.6 Å². The number of aliphatic hydroxyl groups is 1. The average molecular weight is 256 g/mol. The van der Waals surface area contributed by atoms with E-state index in [1.165, 1.54) is 4.88 Å². The highest BCUT2D eigenvalue weighted by molar-refractivity contribution is 7.71. The van der Waals surface area contributed by atoms with Gasteiger partial charge in [-0.05, 0) is 18.6 Å². The summed E-state index contributed by atoms with van der Waals surface area (Å²) in [4.78, 5) is 5.55. The Morgan fingerprint density at radius 1 is 1.62 bits per heavy atom. The van der Waals surface area contributed by atoms with Crippen molar-refractivity contribution in [2.24, 2.45) is 0 Å². The molecule has 0 bridgehead atoms. The van der Waals surface area contributed by atoms with Gasteiger partial charge in [0.1, 0.15) is 11.6 Å². The summed E-state index contributed by atoms with van der Waals surface area (Å²) in [5, 5.41) is 16.7. The molecule has 0 saturated heterocycles. The molecule has 0 spiro atoms.